The van der Waals surface area contributed by atoms with Gasteiger partial charge in [-0.05, 0) is 18.2 Å². The van der Waals surface area contributed by atoms with E-state index in [4.69, 9.17) is 5.73 Å². The van der Waals surface area contributed by atoms with E-state index >= 15 is 0 Å². The van der Waals surface area contributed by atoms with Gasteiger partial charge in [-0.1, -0.05) is 0 Å². The van der Waals surface area contributed by atoms with Gasteiger partial charge in [0.1, 0.15) is 0 Å². The monoisotopic (exact) mass is 326 g/mol. The van der Waals surface area contributed by atoms with Crippen LogP contribution in [0.1, 0.15) is 16.8 Å². The number of alkyl halides is 3. The van der Waals surface area contributed by atoms with Gasteiger partial charge in [0.2, 0.25) is 10.0 Å². The van der Waals surface area contributed by atoms with Crippen LogP contribution in [0.4, 0.5) is 18.9 Å². The molecular formula is C11H13F3N2O4S. The van der Waals surface area contributed by atoms with Crippen LogP contribution in [0.5, 0.6) is 0 Å². The van der Waals surface area contributed by atoms with Crippen molar-refractivity contribution in [2.45, 2.75) is 17.5 Å². The molecule has 0 radical (unpaired) electrons. The van der Waals surface area contributed by atoms with Gasteiger partial charge in [0.25, 0.3) is 0 Å². The number of sulfonamides is 1. The van der Waals surface area contributed by atoms with Crippen LogP contribution in [0.3, 0.4) is 0 Å². The fourth-order valence-corrected chi connectivity index (χ4v) is 2.66. The molecule has 0 saturated carbocycles. The molecule has 0 aliphatic heterocycles. The van der Waals surface area contributed by atoms with E-state index < -0.39 is 40.0 Å². The summed E-state index contributed by atoms with van der Waals surface area (Å²) in [5.41, 5.74) is 5.21. The second kappa shape index (κ2) is 6.31. The van der Waals surface area contributed by atoms with Gasteiger partial charge >= 0.3 is 12.1 Å². The zero-order valence-electron chi connectivity index (χ0n) is 10.9. The molecule has 0 spiro atoms. The number of nitrogens with one attached hydrogen (secondary N) is 1. The van der Waals surface area contributed by atoms with Crippen molar-refractivity contribution in [3.63, 3.8) is 0 Å². The molecule has 0 aliphatic carbocycles. The van der Waals surface area contributed by atoms with E-state index in [0.29, 0.717) is 0 Å². The van der Waals surface area contributed by atoms with E-state index in [1.807, 2.05) is 0 Å². The Labute approximate surface area is 119 Å². The number of carbonyl (C=O) groups is 1. The summed E-state index contributed by atoms with van der Waals surface area (Å²) in [5, 5.41) is 0. The quantitative estimate of drug-likeness (QED) is 0.627. The van der Waals surface area contributed by atoms with E-state index in [1.54, 1.807) is 4.72 Å². The fourth-order valence-electron chi connectivity index (χ4n) is 1.46. The van der Waals surface area contributed by atoms with Crippen LogP contribution < -0.4 is 10.5 Å². The maximum Gasteiger partial charge on any atom is 0.390 e. The van der Waals surface area contributed by atoms with Gasteiger partial charge in [0.05, 0.1) is 24.0 Å². The first-order valence-corrected chi connectivity index (χ1v) is 7.09. The van der Waals surface area contributed by atoms with Gasteiger partial charge in [0.15, 0.2) is 0 Å². The summed E-state index contributed by atoms with van der Waals surface area (Å²) < 4.78 is 66.1. The number of carbonyl (C=O) groups excluding carboxylic acids is 1. The smallest absolute Gasteiger partial charge is 0.390 e. The number of rotatable bonds is 5. The molecular weight excluding hydrogens is 313 g/mol. The first-order chi connectivity index (χ1) is 9.57. The molecule has 0 atom stereocenters. The molecule has 1 rings (SSSR count). The number of nitrogens with two attached hydrogens (primary N) is 1. The van der Waals surface area contributed by atoms with Crippen LogP contribution in [0.25, 0.3) is 0 Å². The Hall–Kier alpha value is -1.81. The summed E-state index contributed by atoms with van der Waals surface area (Å²) in [6.07, 6.45) is -5.82. The molecule has 3 N–H and O–H groups in total. The van der Waals surface area contributed by atoms with Gasteiger partial charge in [-0.15, -0.1) is 0 Å². The molecule has 118 valence electrons. The van der Waals surface area contributed by atoms with Crippen molar-refractivity contribution < 1.29 is 31.1 Å². The first-order valence-electron chi connectivity index (χ1n) is 5.61. The van der Waals surface area contributed by atoms with E-state index in [-0.39, 0.29) is 11.3 Å². The summed E-state index contributed by atoms with van der Waals surface area (Å²) in [5.74, 6) is -0.960. The van der Waals surface area contributed by atoms with Crippen LogP contribution in [0.2, 0.25) is 0 Å². The van der Waals surface area contributed by atoms with Gasteiger partial charge < -0.3 is 10.5 Å². The Balaban J connectivity index is 3.05. The molecule has 0 aliphatic rings. The Kier molecular flexibility index (Phi) is 5.18. The largest absolute Gasteiger partial charge is 0.465 e. The minimum Gasteiger partial charge on any atom is -0.465 e. The van der Waals surface area contributed by atoms with Gasteiger partial charge in [-0.3, -0.25) is 0 Å². The highest BCUT2D eigenvalue weighted by Crippen LogP contribution is 2.21. The van der Waals surface area contributed by atoms with Crippen molar-refractivity contribution in [1.29, 1.82) is 0 Å². The van der Waals surface area contributed by atoms with Crippen molar-refractivity contribution in [1.82, 2.24) is 4.72 Å². The summed E-state index contributed by atoms with van der Waals surface area (Å²) in [7, 11) is -3.25. The van der Waals surface area contributed by atoms with E-state index in [9.17, 15) is 26.4 Å². The summed E-state index contributed by atoms with van der Waals surface area (Å²) in [6.45, 7) is -0.836. The molecule has 6 nitrogen and oxygen atoms in total. The van der Waals surface area contributed by atoms with E-state index in [0.717, 1.165) is 19.2 Å². The van der Waals surface area contributed by atoms with Crippen molar-refractivity contribution in [2.24, 2.45) is 0 Å². The summed E-state index contributed by atoms with van der Waals surface area (Å²) >= 11 is 0. The SMILES string of the molecule is COC(=O)c1cc(N)ccc1S(=O)(=O)NCCC(F)(F)F. The minimum atomic E-state index is -4.49. The highest BCUT2D eigenvalue weighted by atomic mass is 32.2. The zero-order valence-corrected chi connectivity index (χ0v) is 11.7. The lowest BCUT2D eigenvalue weighted by atomic mass is 10.2. The summed E-state index contributed by atoms with van der Waals surface area (Å²) in [6, 6.07) is 3.31. The highest BCUT2D eigenvalue weighted by Gasteiger charge is 2.29. The Bertz CT molecular complexity index is 629. The van der Waals surface area contributed by atoms with Gasteiger partial charge in [-0.25, -0.2) is 17.9 Å². The third-order valence-electron chi connectivity index (χ3n) is 2.40. The van der Waals surface area contributed by atoms with Crippen molar-refractivity contribution in [2.75, 3.05) is 19.4 Å². The third-order valence-corrected chi connectivity index (χ3v) is 3.92. The van der Waals surface area contributed by atoms with Gasteiger partial charge in [-0.2, -0.15) is 13.2 Å². The fraction of sp³-hybridized carbons (Fsp3) is 0.364. The van der Waals surface area contributed by atoms with E-state index in [2.05, 4.69) is 4.74 Å². The molecule has 0 aromatic heterocycles. The van der Waals surface area contributed by atoms with Gasteiger partial charge in [0, 0.05) is 12.2 Å². The number of esters is 1. The number of ether oxygens (including phenoxy) is 1. The molecule has 1 aromatic rings. The average Bonchev–Trinajstić information content (AvgIpc) is 2.35. The highest BCUT2D eigenvalue weighted by molar-refractivity contribution is 7.89. The average molecular weight is 326 g/mol. The molecule has 0 heterocycles. The molecule has 10 heteroatoms. The molecule has 0 unspecified atom stereocenters. The van der Waals surface area contributed by atoms with Crippen molar-refractivity contribution >= 4 is 21.7 Å². The number of hydrogen-bond acceptors (Lipinski definition) is 5. The standard InChI is InChI=1S/C11H13F3N2O4S/c1-20-10(17)8-6-7(15)2-3-9(8)21(18,19)16-5-4-11(12,13)14/h2-3,6,16H,4-5,15H2,1H3. The number of anilines is 1. The second-order valence-corrected chi connectivity index (χ2v) is 5.75. The Morgan fingerprint density at radius 1 is 1.38 bits per heavy atom. The lowest BCUT2D eigenvalue weighted by Gasteiger charge is -2.12. The number of nitrogen functional groups attached to an aromatic ring is 1. The molecule has 0 bridgehead atoms. The predicted molar refractivity (Wildman–Crippen MR) is 68.1 cm³/mol. The maximum absolute atomic E-state index is 12.0. The molecule has 1 aromatic carbocycles. The first kappa shape index (κ1) is 17.2. The van der Waals surface area contributed by atoms with Crippen LogP contribution in [0, 0.1) is 0 Å². The number of hydrogen-bond donors (Lipinski definition) is 2. The van der Waals surface area contributed by atoms with Crippen LogP contribution >= 0.6 is 0 Å². The van der Waals surface area contributed by atoms with Crippen molar-refractivity contribution in [3.05, 3.63) is 23.8 Å². The predicted octanol–water partition coefficient (Wildman–Crippen LogP) is 1.29. The Morgan fingerprint density at radius 2 is 2.00 bits per heavy atom. The number of methoxy groups -OCH3 is 1. The normalized spacial score (nSPS) is 12.2. The lowest BCUT2D eigenvalue weighted by molar-refractivity contribution is -0.132. The van der Waals surface area contributed by atoms with E-state index in [1.165, 1.54) is 6.07 Å². The lowest BCUT2D eigenvalue weighted by Crippen LogP contribution is -2.29. The summed E-state index contributed by atoms with van der Waals surface area (Å²) in [4.78, 5) is 11.0. The number of halogens is 3. The number of benzene rings is 1. The molecule has 0 fully saturated rings. The van der Waals surface area contributed by atoms with Crippen molar-refractivity contribution in [3.8, 4) is 0 Å². The molecule has 0 saturated heterocycles. The van der Waals surface area contributed by atoms with Crippen LogP contribution in [-0.4, -0.2) is 34.2 Å². The minimum absolute atomic E-state index is 0.115. The molecule has 0 amide bonds. The van der Waals surface area contributed by atoms with Crippen LogP contribution in [0.15, 0.2) is 23.1 Å². The Morgan fingerprint density at radius 3 is 2.52 bits per heavy atom. The van der Waals surface area contributed by atoms with Crippen LogP contribution in [-0.2, 0) is 14.8 Å². The molecule has 21 heavy (non-hydrogen) atoms. The third kappa shape index (κ3) is 4.90. The topological polar surface area (TPSA) is 98.5 Å². The second-order valence-electron chi connectivity index (χ2n) is 4.01. The maximum atomic E-state index is 12.0. The zero-order chi connectivity index (χ0) is 16.3.